The molecular formula is C11H11N5O3S. The van der Waals surface area contributed by atoms with Crippen LogP contribution in [0, 0.1) is 0 Å². The molecule has 0 aliphatic carbocycles. The normalized spacial score (nSPS) is 11.8. The van der Waals surface area contributed by atoms with Crippen LogP contribution in [0.25, 0.3) is 11.5 Å². The molecule has 9 heteroatoms. The maximum atomic E-state index is 11.5. The van der Waals surface area contributed by atoms with Crippen molar-refractivity contribution in [1.82, 2.24) is 20.5 Å². The van der Waals surface area contributed by atoms with E-state index >= 15 is 0 Å². The van der Waals surface area contributed by atoms with E-state index < -0.39 is 17.2 Å². The summed E-state index contributed by atoms with van der Waals surface area (Å²) in [7, 11) is 0. The minimum Gasteiger partial charge on any atom is -0.411 e. The summed E-state index contributed by atoms with van der Waals surface area (Å²) in [5.41, 5.74) is 5.55. The number of aromatic nitrogens is 3. The zero-order chi connectivity index (χ0) is 14.5. The third-order valence-corrected chi connectivity index (χ3v) is 3.14. The quantitative estimate of drug-likeness (QED) is 0.799. The topological polar surface area (TPSA) is 124 Å². The number of rotatable bonds is 4. The van der Waals surface area contributed by atoms with Gasteiger partial charge in [-0.2, -0.15) is 0 Å². The fourth-order valence-electron chi connectivity index (χ4n) is 1.29. The van der Waals surface area contributed by atoms with Gasteiger partial charge in [-0.05, 0) is 19.1 Å². The second-order valence-electron chi connectivity index (χ2n) is 3.73. The molecule has 2 heterocycles. The van der Waals surface area contributed by atoms with Crippen LogP contribution in [0.15, 0.2) is 34.2 Å². The number of carbonyl (C=O) groups is 2. The number of hydrogen-bond acceptors (Lipinski definition) is 7. The number of thioether (sulfide) groups is 1. The van der Waals surface area contributed by atoms with Crippen molar-refractivity contribution < 1.29 is 14.0 Å². The van der Waals surface area contributed by atoms with E-state index in [1.54, 1.807) is 31.5 Å². The maximum absolute atomic E-state index is 11.5. The minimum atomic E-state index is -0.899. The molecule has 0 bridgehead atoms. The Morgan fingerprint density at radius 1 is 1.45 bits per heavy atom. The summed E-state index contributed by atoms with van der Waals surface area (Å²) in [5.74, 6) is -0.216. The molecule has 0 aliphatic rings. The predicted molar refractivity (Wildman–Crippen MR) is 70.6 cm³/mol. The van der Waals surface area contributed by atoms with Gasteiger partial charge >= 0.3 is 6.03 Å². The number of hydrogen-bond donors (Lipinski definition) is 2. The van der Waals surface area contributed by atoms with Gasteiger partial charge in [0, 0.05) is 12.4 Å². The van der Waals surface area contributed by atoms with Gasteiger partial charge in [0.25, 0.3) is 5.22 Å². The maximum Gasteiger partial charge on any atom is 0.318 e. The first-order valence-corrected chi connectivity index (χ1v) is 6.45. The van der Waals surface area contributed by atoms with Crippen LogP contribution in [0.5, 0.6) is 0 Å². The molecule has 0 saturated heterocycles. The lowest BCUT2D eigenvalue weighted by Crippen LogP contribution is -2.39. The van der Waals surface area contributed by atoms with Crippen LogP contribution in [-0.4, -0.2) is 32.4 Å². The van der Waals surface area contributed by atoms with E-state index in [0.717, 1.165) is 11.8 Å². The standard InChI is InChI=1S/C11H11N5O3S/c1-6(8(17)14-10(12)18)20-11-16-15-9(19-11)7-3-2-4-13-5-7/h2-6H,1H3,(H3,12,14,17,18)/t6-/m1/s1. The number of nitrogens with one attached hydrogen (secondary N) is 1. The van der Waals surface area contributed by atoms with E-state index in [9.17, 15) is 9.59 Å². The molecule has 3 N–H and O–H groups in total. The number of primary amides is 1. The summed E-state index contributed by atoms with van der Waals surface area (Å²) in [4.78, 5) is 26.0. The number of pyridine rings is 1. The van der Waals surface area contributed by atoms with Crippen LogP contribution in [-0.2, 0) is 4.79 Å². The van der Waals surface area contributed by atoms with Crippen molar-refractivity contribution in [2.24, 2.45) is 5.73 Å². The Morgan fingerprint density at radius 3 is 2.90 bits per heavy atom. The summed E-state index contributed by atoms with van der Waals surface area (Å²) in [5, 5.41) is 9.28. The molecule has 1 atom stereocenters. The Morgan fingerprint density at radius 2 is 2.25 bits per heavy atom. The molecule has 0 spiro atoms. The van der Waals surface area contributed by atoms with Gasteiger partial charge in [-0.1, -0.05) is 11.8 Å². The summed E-state index contributed by atoms with van der Waals surface area (Å²) in [6.45, 7) is 1.59. The van der Waals surface area contributed by atoms with Crippen LogP contribution in [0.4, 0.5) is 4.79 Å². The number of amides is 3. The molecule has 0 saturated carbocycles. The minimum absolute atomic E-state index is 0.218. The van der Waals surface area contributed by atoms with E-state index in [4.69, 9.17) is 10.2 Å². The van der Waals surface area contributed by atoms with Gasteiger partial charge in [0.05, 0.1) is 10.8 Å². The Balaban J connectivity index is 2.03. The lowest BCUT2D eigenvalue weighted by molar-refractivity contribution is -0.119. The van der Waals surface area contributed by atoms with Crippen LogP contribution < -0.4 is 11.1 Å². The molecule has 8 nitrogen and oxygen atoms in total. The third kappa shape index (κ3) is 3.54. The van der Waals surface area contributed by atoms with E-state index in [1.165, 1.54) is 0 Å². The van der Waals surface area contributed by atoms with Crippen molar-refractivity contribution in [2.75, 3.05) is 0 Å². The highest BCUT2D eigenvalue weighted by Gasteiger charge is 2.19. The summed E-state index contributed by atoms with van der Waals surface area (Å²) >= 11 is 1.03. The average molecular weight is 293 g/mol. The van der Waals surface area contributed by atoms with Crippen LogP contribution in [0.3, 0.4) is 0 Å². The smallest absolute Gasteiger partial charge is 0.318 e. The lowest BCUT2D eigenvalue weighted by atomic mass is 10.3. The van der Waals surface area contributed by atoms with Gasteiger partial charge in [0.2, 0.25) is 11.8 Å². The number of urea groups is 1. The Labute approximate surface area is 118 Å². The average Bonchev–Trinajstić information content (AvgIpc) is 2.87. The molecule has 2 rings (SSSR count). The molecule has 0 fully saturated rings. The van der Waals surface area contributed by atoms with E-state index in [-0.39, 0.29) is 5.22 Å². The highest BCUT2D eigenvalue weighted by Crippen LogP contribution is 2.25. The Hall–Kier alpha value is -2.42. The Bertz CT molecular complexity index is 616. The van der Waals surface area contributed by atoms with Gasteiger partial charge < -0.3 is 10.2 Å². The highest BCUT2D eigenvalue weighted by molar-refractivity contribution is 8.00. The summed E-state index contributed by atoms with van der Waals surface area (Å²) in [6, 6.07) is 2.62. The molecule has 104 valence electrons. The number of nitrogens with two attached hydrogens (primary N) is 1. The van der Waals surface area contributed by atoms with E-state index in [2.05, 4.69) is 15.2 Å². The number of imide groups is 1. The van der Waals surface area contributed by atoms with Crippen molar-refractivity contribution >= 4 is 23.7 Å². The Kier molecular flexibility index (Phi) is 4.31. The van der Waals surface area contributed by atoms with E-state index in [1.807, 2.05) is 5.32 Å². The molecular weight excluding hydrogens is 282 g/mol. The second kappa shape index (κ2) is 6.15. The molecule has 0 aliphatic heterocycles. The van der Waals surface area contributed by atoms with Crippen molar-refractivity contribution in [2.45, 2.75) is 17.4 Å². The van der Waals surface area contributed by atoms with Crippen LogP contribution >= 0.6 is 11.8 Å². The first-order chi connectivity index (χ1) is 9.56. The molecule has 0 aromatic carbocycles. The second-order valence-corrected chi connectivity index (χ2v) is 5.02. The number of nitrogens with zero attached hydrogens (tertiary/aromatic N) is 3. The van der Waals surface area contributed by atoms with Gasteiger partial charge in [-0.3, -0.25) is 15.1 Å². The first kappa shape index (κ1) is 14.0. The first-order valence-electron chi connectivity index (χ1n) is 5.57. The van der Waals surface area contributed by atoms with Crippen molar-refractivity contribution in [3.8, 4) is 11.5 Å². The molecule has 2 aromatic heterocycles. The third-order valence-electron chi connectivity index (χ3n) is 2.21. The number of carbonyl (C=O) groups excluding carboxylic acids is 2. The van der Waals surface area contributed by atoms with Crippen LogP contribution in [0.1, 0.15) is 6.92 Å². The van der Waals surface area contributed by atoms with Gasteiger partial charge in [-0.15, -0.1) is 10.2 Å². The molecule has 3 amide bonds. The molecule has 0 unspecified atom stereocenters. The molecule has 0 radical (unpaired) electrons. The van der Waals surface area contributed by atoms with E-state index in [0.29, 0.717) is 11.5 Å². The van der Waals surface area contributed by atoms with Crippen molar-refractivity contribution in [1.29, 1.82) is 0 Å². The summed E-state index contributed by atoms with van der Waals surface area (Å²) in [6.07, 6.45) is 3.22. The monoisotopic (exact) mass is 293 g/mol. The zero-order valence-corrected chi connectivity index (χ0v) is 11.3. The lowest BCUT2D eigenvalue weighted by Gasteiger charge is -2.06. The fraction of sp³-hybridized carbons (Fsp3) is 0.182. The zero-order valence-electron chi connectivity index (χ0n) is 10.4. The fourth-order valence-corrected chi connectivity index (χ4v) is 1.97. The van der Waals surface area contributed by atoms with Crippen LogP contribution in [0.2, 0.25) is 0 Å². The SMILES string of the molecule is C[C@@H](Sc1nnc(-c2cccnc2)o1)C(=O)NC(N)=O. The predicted octanol–water partition coefficient (Wildman–Crippen LogP) is 0.807. The summed E-state index contributed by atoms with van der Waals surface area (Å²) < 4.78 is 5.40. The van der Waals surface area contributed by atoms with Gasteiger partial charge in [-0.25, -0.2) is 4.79 Å². The molecule has 20 heavy (non-hydrogen) atoms. The van der Waals surface area contributed by atoms with Crippen molar-refractivity contribution in [3.63, 3.8) is 0 Å². The van der Waals surface area contributed by atoms with Gasteiger partial charge in [0.1, 0.15) is 0 Å². The highest BCUT2D eigenvalue weighted by atomic mass is 32.2. The van der Waals surface area contributed by atoms with Crippen molar-refractivity contribution in [3.05, 3.63) is 24.5 Å². The largest absolute Gasteiger partial charge is 0.411 e. The molecule has 2 aromatic rings. The van der Waals surface area contributed by atoms with Gasteiger partial charge in [0.15, 0.2) is 0 Å².